The van der Waals surface area contributed by atoms with Crippen LogP contribution in [0.5, 0.6) is 0 Å². The monoisotopic (exact) mass is 288 g/mol. The first-order valence-corrected chi connectivity index (χ1v) is 7.37. The summed E-state index contributed by atoms with van der Waals surface area (Å²) in [4.78, 5) is 17.5. The van der Waals surface area contributed by atoms with Gasteiger partial charge >= 0.3 is 0 Å². The third kappa shape index (κ3) is 3.09. The summed E-state index contributed by atoms with van der Waals surface area (Å²) in [6, 6.07) is 7.72. The molecule has 2 heterocycles. The number of ether oxygens (including phenoxy) is 1. The minimum Gasteiger partial charge on any atom is -0.394 e. The zero-order valence-electron chi connectivity index (χ0n) is 11.9. The van der Waals surface area contributed by atoms with Crippen LogP contribution in [0.1, 0.15) is 23.2 Å². The standard InChI is InChI=1S/C16H20N2O3/c19-9-10-21-14-4-7-18(8-5-14)16(20)13-1-2-15-12(11-13)3-6-17-15/h1-3,6,11,14,17,19H,4-5,7-10H2. The molecule has 2 aromatic rings. The largest absolute Gasteiger partial charge is 0.394 e. The zero-order valence-corrected chi connectivity index (χ0v) is 11.9. The fraction of sp³-hybridized carbons (Fsp3) is 0.438. The summed E-state index contributed by atoms with van der Waals surface area (Å²) in [6.07, 6.45) is 3.70. The van der Waals surface area contributed by atoms with Crippen LogP contribution in [0, 0.1) is 0 Å². The number of carbonyl (C=O) groups is 1. The molecule has 1 aromatic heterocycles. The number of H-pyrrole nitrogens is 1. The third-order valence-electron chi connectivity index (χ3n) is 3.97. The maximum atomic E-state index is 12.5. The molecule has 21 heavy (non-hydrogen) atoms. The van der Waals surface area contributed by atoms with Crippen LogP contribution < -0.4 is 0 Å². The summed E-state index contributed by atoms with van der Waals surface area (Å²) < 4.78 is 5.52. The van der Waals surface area contributed by atoms with Gasteiger partial charge in [0.05, 0.1) is 19.3 Å². The van der Waals surface area contributed by atoms with Crippen molar-refractivity contribution in [3.05, 3.63) is 36.0 Å². The number of piperidine rings is 1. The molecule has 5 nitrogen and oxygen atoms in total. The van der Waals surface area contributed by atoms with Gasteiger partial charge in [-0.1, -0.05) is 0 Å². The second-order valence-corrected chi connectivity index (χ2v) is 5.37. The molecular formula is C16H20N2O3. The number of amides is 1. The van der Waals surface area contributed by atoms with Crippen LogP contribution >= 0.6 is 0 Å². The number of carbonyl (C=O) groups excluding carboxylic acids is 1. The molecule has 1 fully saturated rings. The molecule has 0 aliphatic carbocycles. The van der Waals surface area contributed by atoms with Gasteiger partial charge in [0.15, 0.2) is 0 Å². The molecule has 1 aliphatic heterocycles. The average Bonchev–Trinajstić information content (AvgIpc) is 3.00. The SMILES string of the molecule is O=C(c1ccc2[nH]ccc2c1)N1CCC(OCCO)CC1. The van der Waals surface area contributed by atoms with Gasteiger partial charge in [0.1, 0.15) is 0 Å². The Bertz CT molecular complexity index is 615. The Morgan fingerprint density at radius 1 is 1.33 bits per heavy atom. The Balaban J connectivity index is 1.63. The lowest BCUT2D eigenvalue weighted by atomic mass is 10.1. The number of nitrogens with zero attached hydrogens (tertiary/aromatic N) is 1. The lowest BCUT2D eigenvalue weighted by molar-refractivity contribution is -0.00553. The predicted octanol–water partition coefficient (Wildman–Crippen LogP) is 1.78. The smallest absolute Gasteiger partial charge is 0.253 e. The molecule has 1 saturated heterocycles. The molecule has 0 saturated carbocycles. The van der Waals surface area contributed by atoms with Gasteiger partial charge in [0.25, 0.3) is 5.91 Å². The first-order chi connectivity index (χ1) is 10.3. The molecule has 0 unspecified atom stereocenters. The van der Waals surface area contributed by atoms with Crippen LogP contribution in [0.15, 0.2) is 30.5 Å². The summed E-state index contributed by atoms with van der Waals surface area (Å²) >= 11 is 0. The molecule has 3 rings (SSSR count). The van der Waals surface area contributed by atoms with Crippen molar-refractivity contribution < 1.29 is 14.6 Å². The Morgan fingerprint density at radius 2 is 2.14 bits per heavy atom. The van der Waals surface area contributed by atoms with Gasteiger partial charge in [-0.25, -0.2) is 0 Å². The average molecular weight is 288 g/mol. The maximum Gasteiger partial charge on any atom is 0.253 e. The number of nitrogens with one attached hydrogen (secondary N) is 1. The maximum absolute atomic E-state index is 12.5. The lowest BCUT2D eigenvalue weighted by Gasteiger charge is -2.32. The highest BCUT2D eigenvalue weighted by Crippen LogP contribution is 2.19. The molecule has 1 amide bonds. The fourth-order valence-corrected chi connectivity index (χ4v) is 2.81. The van der Waals surface area contributed by atoms with Gasteiger partial charge in [-0.05, 0) is 37.1 Å². The summed E-state index contributed by atoms with van der Waals surface area (Å²) in [7, 11) is 0. The van der Waals surface area contributed by atoms with E-state index < -0.39 is 0 Å². The number of aromatic nitrogens is 1. The van der Waals surface area contributed by atoms with Crippen LogP contribution in [0.3, 0.4) is 0 Å². The Kier molecular flexibility index (Phi) is 4.22. The second-order valence-electron chi connectivity index (χ2n) is 5.37. The van der Waals surface area contributed by atoms with Crippen LogP contribution in [-0.2, 0) is 4.74 Å². The van der Waals surface area contributed by atoms with Crippen LogP contribution in [0.4, 0.5) is 0 Å². The van der Waals surface area contributed by atoms with Crippen molar-refractivity contribution in [3.63, 3.8) is 0 Å². The van der Waals surface area contributed by atoms with Crippen molar-refractivity contribution in [1.29, 1.82) is 0 Å². The number of fused-ring (bicyclic) bond motifs is 1. The Labute approximate surface area is 123 Å². The first-order valence-electron chi connectivity index (χ1n) is 7.37. The number of aliphatic hydroxyl groups excluding tert-OH is 1. The molecule has 0 atom stereocenters. The zero-order chi connectivity index (χ0) is 14.7. The summed E-state index contributed by atoms with van der Waals surface area (Å²) in [6.45, 7) is 1.85. The number of aliphatic hydroxyl groups is 1. The number of hydrogen-bond donors (Lipinski definition) is 2. The van der Waals surface area contributed by atoms with Crippen molar-refractivity contribution in [2.24, 2.45) is 0 Å². The molecular weight excluding hydrogens is 268 g/mol. The van der Waals surface area contributed by atoms with E-state index in [-0.39, 0.29) is 18.6 Å². The van der Waals surface area contributed by atoms with E-state index in [9.17, 15) is 4.79 Å². The summed E-state index contributed by atoms with van der Waals surface area (Å²) in [5, 5.41) is 9.82. The van der Waals surface area contributed by atoms with E-state index >= 15 is 0 Å². The van der Waals surface area contributed by atoms with E-state index in [0.717, 1.165) is 29.3 Å². The van der Waals surface area contributed by atoms with E-state index in [1.165, 1.54) is 0 Å². The minimum atomic E-state index is 0.0514. The number of benzene rings is 1. The van der Waals surface area contributed by atoms with Gasteiger partial charge < -0.3 is 19.7 Å². The van der Waals surface area contributed by atoms with E-state index in [0.29, 0.717) is 19.7 Å². The molecule has 1 aliphatic rings. The van der Waals surface area contributed by atoms with Crippen molar-refractivity contribution in [3.8, 4) is 0 Å². The molecule has 0 spiro atoms. The quantitative estimate of drug-likeness (QED) is 0.901. The highest BCUT2D eigenvalue weighted by molar-refractivity contribution is 5.98. The van der Waals surface area contributed by atoms with Crippen LogP contribution in [0.25, 0.3) is 10.9 Å². The number of hydrogen-bond acceptors (Lipinski definition) is 3. The minimum absolute atomic E-state index is 0.0514. The van der Waals surface area contributed by atoms with Gasteiger partial charge in [0, 0.05) is 35.8 Å². The third-order valence-corrected chi connectivity index (χ3v) is 3.97. The Hall–Kier alpha value is -1.85. The number of aromatic amines is 1. The normalized spacial score (nSPS) is 16.5. The van der Waals surface area contributed by atoms with Gasteiger partial charge in [-0.3, -0.25) is 4.79 Å². The highest BCUT2D eigenvalue weighted by atomic mass is 16.5. The van der Waals surface area contributed by atoms with E-state index in [1.54, 1.807) is 0 Å². The summed E-state index contributed by atoms with van der Waals surface area (Å²) in [5.41, 5.74) is 1.78. The second kappa shape index (κ2) is 6.28. The van der Waals surface area contributed by atoms with Crippen molar-refractivity contribution in [2.45, 2.75) is 18.9 Å². The van der Waals surface area contributed by atoms with E-state index in [1.807, 2.05) is 35.4 Å². The van der Waals surface area contributed by atoms with Gasteiger partial charge in [-0.15, -0.1) is 0 Å². The molecule has 5 heteroatoms. The molecule has 1 aromatic carbocycles. The molecule has 0 bridgehead atoms. The number of rotatable bonds is 4. The van der Waals surface area contributed by atoms with Gasteiger partial charge in [0.2, 0.25) is 0 Å². The molecule has 2 N–H and O–H groups in total. The number of likely N-dealkylation sites (tertiary alicyclic amines) is 1. The van der Waals surface area contributed by atoms with Crippen molar-refractivity contribution in [2.75, 3.05) is 26.3 Å². The lowest BCUT2D eigenvalue weighted by Crippen LogP contribution is -2.41. The Morgan fingerprint density at radius 3 is 2.90 bits per heavy atom. The van der Waals surface area contributed by atoms with Crippen LogP contribution in [-0.4, -0.2) is 53.3 Å². The fourth-order valence-electron chi connectivity index (χ4n) is 2.81. The highest BCUT2D eigenvalue weighted by Gasteiger charge is 2.24. The molecule has 0 radical (unpaired) electrons. The van der Waals surface area contributed by atoms with E-state index in [4.69, 9.17) is 9.84 Å². The van der Waals surface area contributed by atoms with Gasteiger partial charge in [-0.2, -0.15) is 0 Å². The first kappa shape index (κ1) is 14.1. The van der Waals surface area contributed by atoms with E-state index in [2.05, 4.69) is 4.98 Å². The van der Waals surface area contributed by atoms with Crippen molar-refractivity contribution in [1.82, 2.24) is 9.88 Å². The topological polar surface area (TPSA) is 65.6 Å². The van der Waals surface area contributed by atoms with Crippen LogP contribution in [0.2, 0.25) is 0 Å². The van der Waals surface area contributed by atoms with Crippen molar-refractivity contribution >= 4 is 16.8 Å². The predicted molar refractivity (Wildman–Crippen MR) is 80.3 cm³/mol. The molecule has 112 valence electrons. The summed E-state index contributed by atoms with van der Waals surface area (Å²) in [5.74, 6) is 0.0821.